The number of quaternary nitrogens is 1. The predicted molar refractivity (Wildman–Crippen MR) is 101 cm³/mol. The molecule has 3 N–H and O–H groups in total. The minimum absolute atomic E-state index is 0.277. The fourth-order valence-corrected chi connectivity index (χ4v) is 4.59. The second-order valence-corrected chi connectivity index (χ2v) is 7.89. The van der Waals surface area contributed by atoms with E-state index < -0.39 is 15.1 Å². The van der Waals surface area contributed by atoms with Crippen LogP contribution in [0.15, 0.2) is 53.4 Å². The van der Waals surface area contributed by atoms with Gasteiger partial charge in [-0.05, 0) is 55.8 Å². The van der Waals surface area contributed by atoms with E-state index in [4.69, 9.17) is 4.74 Å². The van der Waals surface area contributed by atoms with E-state index in [1.807, 2.05) is 24.3 Å². The molecule has 0 heterocycles. The van der Waals surface area contributed by atoms with Crippen LogP contribution < -0.4 is 15.4 Å². The first-order chi connectivity index (χ1) is 12.0. The predicted octanol–water partition coefficient (Wildman–Crippen LogP) is 2.30. The molecular formula is C19H27N2O3S+. The van der Waals surface area contributed by atoms with Gasteiger partial charge in [0.25, 0.3) is 0 Å². The first-order valence-corrected chi connectivity index (χ1v) is 10.0. The molecule has 0 radical (unpaired) electrons. The van der Waals surface area contributed by atoms with Crippen molar-refractivity contribution in [3.63, 3.8) is 0 Å². The van der Waals surface area contributed by atoms with Crippen LogP contribution in [0.5, 0.6) is 5.75 Å². The highest BCUT2D eigenvalue weighted by Crippen LogP contribution is 2.30. The van der Waals surface area contributed by atoms with Gasteiger partial charge in [0.2, 0.25) is 0 Å². The maximum atomic E-state index is 13.0. The van der Waals surface area contributed by atoms with Crippen LogP contribution in [0.1, 0.15) is 24.7 Å². The van der Waals surface area contributed by atoms with Gasteiger partial charge < -0.3 is 15.4 Å². The van der Waals surface area contributed by atoms with Crippen molar-refractivity contribution in [3.05, 3.63) is 54.1 Å². The molecule has 0 bridgehead atoms. The van der Waals surface area contributed by atoms with Gasteiger partial charge in [-0.1, -0.05) is 12.1 Å². The molecule has 6 heteroatoms. The largest absolute Gasteiger partial charge is 0.497 e. The average molecular weight is 364 g/mol. The summed E-state index contributed by atoms with van der Waals surface area (Å²) < 4.78 is 31.1. The quantitative estimate of drug-likeness (QED) is 0.781. The summed E-state index contributed by atoms with van der Waals surface area (Å²) in [7, 11) is -1.95. The Balaban J connectivity index is 2.34. The van der Waals surface area contributed by atoms with E-state index in [-0.39, 0.29) is 11.4 Å². The van der Waals surface area contributed by atoms with Crippen molar-refractivity contribution in [3.8, 4) is 5.75 Å². The number of hydrogen-bond donors (Lipinski definition) is 1. The zero-order chi connectivity index (χ0) is 18.4. The Bertz CT molecular complexity index is 767. The summed E-state index contributed by atoms with van der Waals surface area (Å²) in [6.07, 6.45) is 0. The Kier molecular flexibility index (Phi) is 6.45. The highest BCUT2D eigenvalue weighted by atomic mass is 32.2. The third-order valence-electron chi connectivity index (χ3n) is 4.42. The number of methoxy groups -OCH3 is 1. The summed E-state index contributed by atoms with van der Waals surface area (Å²) in [4.78, 5) is 2.51. The number of benzene rings is 2. The minimum atomic E-state index is -3.51. The number of nitrogens with zero attached hydrogens (tertiary/aromatic N) is 1. The summed E-state index contributed by atoms with van der Waals surface area (Å²) in [6.45, 7) is 6.31. The molecule has 0 aromatic heterocycles. The van der Waals surface area contributed by atoms with Crippen molar-refractivity contribution < 1.29 is 18.9 Å². The molecule has 0 aliphatic heterocycles. The van der Waals surface area contributed by atoms with Gasteiger partial charge in [-0.25, -0.2) is 8.42 Å². The first-order valence-electron chi connectivity index (χ1n) is 8.50. The Morgan fingerprint density at radius 2 is 1.56 bits per heavy atom. The van der Waals surface area contributed by atoms with Crippen LogP contribution in [-0.2, 0) is 9.84 Å². The second kappa shape index (κ2) is 8.36. The molecule has 1 atom stereocenters. The van der Waals surface area contributed by atoms with E-state index in [1.54, 1.807) is 31.4 Å². The van der Waals surface area contributed by atoms with Crippen LogP contribution in [0.3, 0.4) is 0 Å². The smallest absolute Gasteiger partial charge is 0.190 e. The van der Waals surface area contributed by atoms with Gasteiger partial charge in [0, 0.05) is 18.8 Å². The van der Waals surface area contributed by atoms with E-state index in [0.717, 1.165) is 24.3 Å². The summed E-state index contributed by atoms with van der Waals surface area (Å²) >= 11 is 0. The molecule has 2 aromatic carbocycles. The molecule has 2 aromatic rings. The molecule has 0 aliphatic carbocycles. The van der Waals surface area contributed by atoms with Crippen molar-refractivity contribution in [2.45, 2.75) is 24.0 Å². The minimum Gasteiger partial charge on any atom is -0.497 e. The topological polar surface area (TPSA) is 74.3 Å². The van der Waals surface area contributed by atoms with E-state index in [2.05, 4.69) is 24.5 Å². The van der Waals surface area contributed by atoms with Crippen molar-refractivity contribution >= 4 is 15.5 Å². The first kappa shape index (κ1) is 19.3. The van der Waals surface area contributed by atoms with Crippen LogP contribution in [-0.4, -0.2) is 35.2 Å². The second-order valence-electron chi connectivity index (χ2n) is 5.76. The van der Waals surface area contributed by atoms with Gasteiger partial charge in [0.1, 0.15) is 11.0 Å². The Hall–Kier alpha value is -2.05. The van der Waals surface area contributed by atoms with Crippen LogP contribution in [0.4, 0.5) is 5.69 Å². The number of ether oxygens (including phenoxy) is 1. The summed E-state index contributed by atoms with van der Waals surface area (Å²) in [5, 5.41) is -0.661. The highest BCUT2D eigenvalue weighted by Gasteiger charge is 2.29. The van der Waals surface area contributed by atoms with E-state index in [1.165, 1.54) is 0 Å². The zero-order valence-corrected chi connectivity index (χ0v) is 15.9. The number of hydrogen-bond acceptors (Lipinski definition) is 4. The molecule has 25 heavy (non-hydrogen) atoms. The zero-order valence-electron chi connectivity index (χ0n) is 15.1. The Morgan fingerprint density at radius 3 is 2.00 bits per heavy atom. The maximum Gasteiger partial charge on any atom is 0.190 e. The third kappa shape index (κ3) is 4.14. The van der Waals surface area contributed by atoms with Gasteiger partial charge >= 0.3 is 0 Å². The van der Waals surface area contributed by atoms with Crippen LogP contribution in [0.25, 0.3) is 0 Å². The van der Waals surface area contributed by atoms with E-state index >= 15 is 0 Å². The lowest BCUT2D eigenvalue weighted by Gasteiger charge is -2.22. The molecule has 0 fully saturated rings. The molecule has 5 nitrogen and oxygen atoms in total. The molecule has 0 saturated heterocycles. The maximum absolute atomic E-state index is 13.0. The van der Waals surface area contributed by atoms with Crippen molar-refractivity contribution in [1.82, 2.24) is 0 Å². The fourth-order valence-electron chi connectivity index (χ4n) is 2.92. The highest BCUT2D eigenvalue weighted by molar-refractivity contribution is 7.91. The summed E-state index contributed by atoms with van der Waals surface area (Å²) in [5.41, 5.74) is 5.72. The third-order valence-corrected chi connectivity index (χ3v) is 6.60. The molecule has 0 spiro atoms. The molecule has 0 saturated carbocycles. The number of rotatable bonds is 8. The van der Waals surface area contributed by atoms with Gasteiger partial charge in [-0.15, -0.1) is 0 Å². The Labute approximate surface area is 150 Å². The fraction of sp³-hybridized carbons (Fsp3) is 0.368. The summed E-state index contributed by atoms with van der Waals surface area (Å²) in [5.74, 6) is 0.633. The van der Waals surface area contributed by atoms with E-state index in [9.17, 15) is 8.42 Å². The molecule has 0 aliphatic rings. The van der Waals surface area contributed by atoms with Crippen LogP contribution in [0.2, 0.25) is 0 Å². The Morgan fingerprint density at radius 1 is 1.00 bits per heavy atom. The lowest BCUT2D eigenvalue weighted by atomic mass is 10.1. The van der Waals surface area contributed by atoms with Gasteiger partial charge in [0.05, 0.1) is 18.6 Å². The van der Waals surface area contributed by atoms with Gasteiger partial charge in [-0.3, -0.25) is 0 Å². The molecule has 136 valence electrons. The van der Waals surface area contributed by atoms with Crippen LogP contribution >= 0.6 is 0 Å². The van der Waals surface area contributed by atoms with Crippen molar-refractivity contribution in [2.24, 2.45) is 0 Å². The van der Waals surface area contributed by atoms with Crippen LogP contribution in [0, 0.1) is 0 Å². The number of sulfone groups is 1. The number of anilines is 1. The lowest BCUT2D eigenvalue weighted by molar-refractivity contribution is -0.367. The van der Waals surface area contributed by atoms with E-state index in [0.29, 0.717) is 5.75 Å². The van der Waals surface area contributed by atoms with Gasteiger partial charge in [0.15, 0.2) is 9.84 Å². The van der Waals surface area contributed by atoms with Gasteiger partial charge in [-0.2, -0.15) is 0 Å². The summed E-state index contributed by atoms with van der Waals surface area (Å²) in [6, 6.07) is 14.2. The SMILES string of the molecule is CCN(CC)c1ccc([C@@H](C[NH3+])S(=O)(=O)c2ccc(OC)cc2)cc1. The van der Waals surface area contributed by atoms with Crippen molar-refractivity contribution in [1.29, 1.82) is 0 Å². The monoisotopic (exact) mass is 363 g/mol. The average Bonchev–Trinajstić information content (AvgIpc) is 2.64. The normalized spacial score (nSPS) is 12.6. The molecule has 0 amide bonds. The standard InChI is InChI=1S/C19H26N2O3S/c1-4-21(5-2)16-8-6-15(7-9-16)19(14-20)25(22,23)18-12-10-17(24-3)11-13-18/h6-13,19H,4-5,14,20H2,1-3H3/p+1/t19-/m1/s1. The molecular weight excluding hydrogens is 336 g/mol. The lowest BCUT2D eigenvalue weighted by Crippen LogP contribution is -2.54. The van der Waals surface area contributed by atoms with Crippen molar-refractivity contribution in [2.75, 3.05) is 31.6 Å². The molecule has 2 rings (SSSR count). The molecule has 0 unspecified atom stereocenters.